The van der Waals surface area contributed by atoms with Gasteiger partial charge in [0.2, 0.25) is 5.91 Å². The van der Waals surface area contributed by atoms with E-state index in [1.54, 1.807) is 0 Å². The van der Waals surface area contributed by atoms with Gasteiger partial charge in [0.1, 0.15) is 0 Å². The van der Waals surface area contributed by atoms with Gasteiger partial charge in [0.25, 0.3) is 0 Å². The minimum atomic E-state index is -0.212. The van der Waals surface area contributed by atoms with Crippen LogP contribution in [-0.4, -0.2) is 11.9 Å². The maximum Gasteiger partial charge on any atom is 0.217 e. The average Bonchev–Trinajstić information content (AvgIpc) is 2.26. The molecule has 0 aliphatic carbocycles. The van der Waals surface area contributed by atoms with Crippen molar-refractivity contribution in [3.8, 4) is 0 Å². The summed E-state index contributed by atoms with van der Waals surface area (Å²) < 4.78 is 0. The Morgan fingerprint density at radius 3 is 2.87 bits per heavy atom. The maximum atomic E-state index is 10.7. The first-order chi connectivity index (χ1) is 7.25. The van der Waals surface area contributed by atoms with Crippen LogP contribution in [0.25, 0.3) is 0 Å². The first-order valence-corrected chi connectivity index (χ1v) is 5.34. The van der Waals surface area contributed by atoms with Crippen LogP contribution >= 0.6 is 0 Å². The molecule has 0 saturated carbocycles. The van der Waals surface area contributed by atoms with Crippen molar-refractivity contribution in [1.29, 1.82) is 0 Å². The number of benzene rings is 1. The van der Waals surface area contributed by atoms with Gasteiger partial charge in [0.15, 0.2) is 0 Å². The van der Waals surface area contributed by atoms with Crippen molar-refractivity contribution < 1.29 is 4.79 Å². The molecule has 15 heavy (non-hydrogen) atoms. The van der Waals surface area contributed by atoms with Gasteiger partial charge in [-0.2, -0.15) is 0 Å². The van der Waals surface area contributed by atoms with Gasteiger partial charge < -0.3 is 11.1 Å². The zero-order valence-corrected chi connectivity index (χ0v) is 8.70. The lowest BCUT2D eigenvalue weighted by atomic mass is 9.93. The first kappa shape index (κ1) is 10.2. The molecule has 3 nitrogen and oxygen atoms in total. The van der Waals surface area contributed by atoms with Crippen molar-refractivity contribution in [1.82, 2.24) is 5.32 Å². The third kappa shape index (κ3) is 2.57. The van der Waals surface area contributed by atoms with Crippen LogP contribution in [0.3, 0.4) is 0 Å². The highest BCUT2D eigenvalue weighted by molar-refractivity contribution is 5.73. The Labute approximate surface area is 89.7 Å². The third-order valence-corrected chi connectivity index (χ3v) is 2.91. The van der Waals surface area contributed by atoms with Gasteiger partial charge >= 0.3 is 0 Å². The normalized spacial score (nSPS) is 19.6. The molecule has 1 unspecified atom stereocenters. The maximum absolute atomic E-state index is 10.7. The molecule has 1 aliphatic heterocycles. The second-order valence-corrected chi connectivity index (χ2v) is 4.06. The van der Waals surface area contributed by atoms with Gasteiger partial charge in [0, 0.05) is 19.0 Å². The largest absolute Gasteiger partial charge is 0.370 e. The number of hydrogen-bond acceptors (Lipinski definition) is 2. The summed E-state index contributed by atoms with van der Waals surface area (Å²) in [6, 6.07) is 8.83. The number of carbonyl (C=O) groups excluding carboxylic acids is 1. The van der Waals surface area contributed by atoms with Crippen LogP contribution in [-0.2, 0) is 17.8 Å². The number of primary amides is 1. The zero-order chi connectivity index (χ0) is 10.7. The Kier molecular flexibility index (Phi) is 3.02. The minimum absolute atomic E-state index is 0.212. The molecule has 1 amide bonds. The highest BCUT2D eigenvalue weighted by Gasteiger charge is 2.17. The molecule has 1 aliphatic rings. The molecule has 0 saturated heterocycles. The van der Waals surface area contributed by atoms with Gasteiger partial charge in [-0.3, -0.25) is 4.79 Å². The lowest BCUT2D eigenvalue weighted by Crippen LogP contribution is -2.36. The molecule has 1 aromatic rings. The molecular formula is C12H16N2O. The molecule has 1 heterocycles. The van der Waals surface area contributed by atoms with Crippen LogP contribution in [0, 0.1) is 0 Å². The molecule has 0 bridgehead atoms. The predicted molar refractivity (Wildman–Crippen MR) is 59.2 cm³/mol. The van der Waals surface area contributed by atoms with Crippen LogP contribution in [0.4, 0.5) is 0 Å². The molecular weight excluding hydrogens is 188 g/mol. The average molecular weight is 204 g/mol. The molecule has 0 fully saturated rings. The lowest BCUT2D eigenvalue weighted by Gasteiger charge is -2.25. The van der Waals surface area contributed by atoms with E-state index in [-0.39, 0.29) is 5.91 Å². The Morgan fingerprint density at radius 1 is 1.40 bits per heavy atom. The van der Waals surface area contributed by atoms with E-state index in [0.717, 1.165) is 19.4 Å². The topological polar surface area (TPSA) is 55.1 Å². The Morgan fingerprint density at radius 2 is 2.13 bits per heavy atom. The molecule has 0 spiro atoms. The van der Waals surface area contributed by atoms with Crippen LogP contribution in [0.1, 0.15) is 24.0 Å². The SMILES string of the molecule is NC(=O)CCC1Cc2ccccc2CN1. The second-order valence-electron chi connectivity index (χ2n) is 4.06. The van der Waals surface area contributed by atoms with Crippen molar-refractivity contribution in [2.24, 2.45) is 5.73 Å². The highest BCUT2D eigenvalue weighted by atomic mass is 16.1. The summed E-state index contributed by atoms with van der Waals surface area (Å²) in [5, 5.41) is 3.42. The lowest BCUT2D eigenvalue weighted by molar-refractivity contribution is -0.118. The number of nitrogens with two attached hydrogens (primary N) is 1. The molecule has 3 N–H and O–H groups in total. The van der Waals surface area contributed by atoms with Gasteiger partial charge in [0.05, 0.1) is 0 Å². The van der Waals surface area contributed by atoms with Crippen LogP contribution in [0.15, 0.2) is 24.3 Å². The monoisotopic (exact) mass is 204 g/mol. The second kappa shape index (κ2) is 4.45. The quantitative estimate of drug-likeness (QED) is 0.770. The summed E-state index contributed by atoms with van der Waals surface area (Å²) in [5.74, 6) is -0.212. The summed E-state index contributed by atoms with van der Waals surface area (Å²) in [4.78, 5) is 10.7. The third-order valence-electron chi connectivity index (χ3n) is 2.91. The molecule has 1 atom stereocenters. The fourth-order valence-electron chi connectivity index (χ4n) is 2.04. The van der Waals surface area contributed by atoms with Gasteiger partial charge in [-0.25, -0.2) is 0 Å². The fraction of sp³-hybridized carbons (Fsp3) is 0.417. The van der Waals surface area contributed by atoms with Crippen LogP contribution in [0.5, 0.6) is 0 Å². The van der Waals surface area contributed by atoms with E-state index in [1.165, 1.54) is 11.1 Å². The van der Waals surface area contributed by atoms with Crippen molar-refractivity contribution in [2.75, 3.05) is 0 Å². The number of rotatable bonds is 3. The van der Waals surface area contributed by atoms with Crippen molar-refractivity contribution in [3.05, 3.63) is 35.4 Å². The van der Waals surface area contributed by atoms with Crippen molar-refractivity contribution >= 4 is 5.91 Å². The van der Waals surface area contributed by atoms with Crippen molar-refractivity contribution in [3.63, 3.8) is 0 Å². The smallest absolute Gasteiger partial charge is 0.217 e. The number of nitrogens with one attached hydrogen (secondary N) is 1. The van der Waals surface area contributed by atoms with E-state index in [9.17, 15) is 4.79 Å². The van der Waals surface area contributed by atoms with E-state index >= 15 is 0 Å². The van der Waals surface area contributed by atoms with Crippen LogP contribution < -0.4 is 11.1 Å². The molecule has 0 aromatic heterocycles. The predicted octanol–water partition coefficient (Wildman–Crippen LogP) is 0.966. The number of carbonyl (C=O) groups is 1. The molecule has 80 valence electrons. The van der Waals surface area contributed by atoms with E-state index in [1.807, 2.05) is 0 Å². The Hall–Kier alpha value is -1.35. The van der Waals surface area contributed by atoms with Crippen LogP contribution in [0.2, 0.25) is 0 Å². The minimum Gasteiger partial charge on any atom is -0.370 e. The van der Waals surface area contributed by atoms with E-state index in [2.05, 4.69) is 29.6 Å². The van der Waals surface area contributed by atoms with E-state index in [4.69, 9.17) is 5.73 Å². The first-order valence-electron chi connectivity index (χ1n) is 5.34. The Balaban J connectivity index is 1.96. The summed E-state index contributed by atoms with van der Waals surface area (Å²) in [6.45, 7) is 0.902. The zero-order valence-electron chi connectivity index (χ0n) is 8.70. The Bertz CT molecular complexity index is 362. The summed E-state index contributed by atoms with van der Waals surface area (Å²) in [5.41, 5.74) is 7.90. The fourth-order valence-corrected chi connectivity index (χ4v) is 2.04. The van der Waals surface area contributed by atoms with Gasteiger partial charge in [-0.1, -0.05) is 24.3 Å². The van der Waals surface area contributed by atoms with Gasteiger partial charge in [-0.15, -0.1) is 0 Å². The molecule has 3 heteroatoms. The molecule has 0 radical (unpaired) electrons. The standard InChI is InChI=1S/C12H16N2O/c13-12(15)6-5-11-7-9-3-1-2-4-10(9)8-14-11/h1-4,11,14H,5-8H2,(H2,13,15). The summed E-state index contributed by atoms with van der Waals surface area (Å²) in [7, 11) is 0. The molecule has 1 aromatic carbocycles. The number of fused-ring (bicyclic) bond motifs is 1. The van der Waals surface area contributed by atoms with E-state index in [0.29, 0.717) is 12.5 Å². The summed E-state index contributed by atoms with van der Waals surface area (Å²) in [6.07, 6.45) is 2.31. The number of hydrogen-bond donors (Lipinski definition) is 2. The van der Waals surface area contributed by atoms with Crippen molar-refractivity contribution in [2.45, 2.75) is 31.8 Å². The summed E-state index contributed by atoms with van der Waals surface area (Å²) >= 11 is 0. The molecule has 2 rings (SSSR count). The highest BCUT2D eigenvalue weighted by Crippen LogP contribution is 2.18. The van der Waals surface area contributed by atoms with Gasteiger partial charge in [-0.05, 0) is 24.0 Å². The number of amides is 1. The van der Waals surface area contributed by atoms with E-state index < -0.39 is 0 Å².